The van der Waals surface area contributed by atoms with E-state index in [9.17, 15) is 0 Å². The molecule has 2 aliphatic heterocycles. The van der Waals surface area contributed by atoms with Crippen LogP contribution >= 0.6 is 0 Å². The van der Waals surface area contributed by atoms with Crippen LogP contribution in [0.2, 0.25) is 0 Å². The number of aryl methyl sites for hydroxylation is 2. The van der Waals surface area contributed by atoms with Crippen molar-refractivity contribution in [3.8, 4) is 5.75 Å². The molecule has 2 heterocycles. The minimum Gasteiger partial charge on any atom is -0.496 e. The van der Waals surface area contributed by atoms with E-state index in [1.807, 2.05) is 0 Å². The smallest absolute Gasteiger partial charge is 0.124 e. The lowest BCUT2D eigenvalue weighted by molar-refractivity contribution is 0.203. The van der Waals surface area contributed by atoms with Gasteiger partial charge < -0.3 is 4.74 Å². The third-order valence-electron chi connectivity index (χ3n) is 5.78. The molecule has 130 valence electrons. The molecule has 1 saturated heterocycles. The average molecular weight is 333 g/mol. The number of rotatable bonds is 4. The zero-order valence-corrected chi connectivity index (χ0v) is 15.5. The maximum absolute atomic E-state index is 5.53. The minimum absolute atomic E-state index is 0.580. The van der Waals surface area contributed by atoms with E-state index in [4.69, 9.17) is 4.74 Å². The molecule has 4 rings (SSSR count). The summed E-state index contributed by atoms with van der Waals surface area (Å²) in [7, 11) is 1.76. The third-order valence-corrected chi connectivity index (χ3v) is 5.78. The Morgan fingerprint density at radius 3 is 2.40 bits per heavy atom. The maximum atomic E-state index is 5.53. The summed E-state index contributed by atoms with van der Waals surface area (Å²) in [5.41, 5.74) is 6.79. The summed E-state index contributed by atoms with van der Waals surface area (Å²) < 4.78 is 5.53. The summed E-state index contributed by atoms with van der Waals surface area (Å²) in [5, 5.41) is 0. The van der Waals surface area contributed by atoms with Crippen LogP contribution in [-0.4, -0.2) is 24.1 Å². The van der Waals surface area contributed by atoms with Crippen molar-refractivity contribution >= 4 is 5.57 Å². The highest BCUT2D eigenvalue weighted by molar-refractivity contribution is 5.70. The second-order valence-electron chi connectivity index (χ2n) is 7.50. The monoisotopic (exact) mass is 333 g/mol. The van der Waals surface area contributed by atoms with Gasteiger partial charge >= 0.3 is 0 Å². The topological polar surface area (TPSA) is 12.5 Å². The van der Waals surface area contributed by atoms with Crippen LogP contribution < -0.4 is 4.74 Å². The van der Waals surface area contributed by atoms with Crippen LogP contribution in [0.1, 0.15) is 41.5 Å². The minimum atomic E-state index is 0.580. The van der Waals surface area contributed by atoms with Gasteiger partial charge in [-0.2, -0.15) is 0 Å². The Labute approximate surface area is 151 Å². The number of nitrogens with zero attached hydrogens (tertiary/aromatic N) is 1. The molecule has 1 fully saturated rings. The number of fused-ring (bicyclic) bond motifs is 2. The standard InChI is InChI=1S/C23H27NO/c1-16-11-19(12-17(2)23(16)25-3)20-13-21-9-10-22(14-20)24(21)15-18-7-5-4-6-8-18/h4-8,11-13,21-22H,9-10,14-15H2,1-3H3. The van der Waals surface area contributed by atoms with Crippen LogP contribution in [0.5, 0.6) is 5.75 Å². The predicted octanol–water partition coefficient (Wildman–Crippen LogP) is 5.13. The average Bonchev–Trinajstić information content (AvgIpc) is 2.84. The van der Waals surface area contributed by atoms with E-state index < -0.39 is 0 Å². The molecule has 25 heavy (non-hydrogen) atoms. The van der Waals surface area contributed by atoms with Crippen LogP contribution in [0.15, 0.2) is 48.5 Å². The second-order valence-corrected chi connectivity index (χ2v) is 7.50. The first-order valence-electron chi connectivity index (χ1n) is 9.31. The van der Waals surface area contributed by atoms with Gasteiger partial charge in [-0.15, -0.1) is 0 Å². The maximum Gasteiger partial charge on any atom is 0.124 e. The molecular formula is C23H27NO. The summed E-state index contributed by atoms with van der Waals surface area (Å²) >= 11 is 0. The molecule has 2 atom stereocenters. The summed E-state index contributed by atoms with van der Waals surface area (Å²) in [5.74, 6) is 1.02. The summed E-state index contributed by atoms with van der Waals surface area (Å²) in [6.45, 7) is 5.37. The molecule has 2 nitrogen and oxygen atoms in total. The molecule has 2 unspecified atom stereocenters. The van der Waals surface area contributed by atoms with Crippen molar-refractivity contribution in [2.45, 2.75) is 51.7 Å². The molecule has 2 aliphatic rings. The lowest BCUT2D eigenvalue weighted by atomic mass is 9.92. The van der Waals surface area contributed by atoms with Crippen LogP contribution in [0.3, 0.4) is 0 Å². The first-order chi connectivity index (χ1) is 12.2. The molecule has 0 aliphatic carbocycles. The van der Waals surface area contributed by atoms with E-state index in [2.05, 4.69) is 67.3 Å². The van der Waals surface area contributed by atoms with Crippen LogP contribution in [0, 0.1) is 13.8 Å². The van der Waals surface area contributed by atoms with Gasteiger partial charge in [-0.1, -0.05) is 36.4 Å². The molecule has 0 radical (unpaired) electrons. The Hall–Kier alpha value is -2.06. The van der Waals surface area contributed by atoms with Gasteiger partial charge in [0.1, 0.15) is 5.75 Å². The van der Waals surface area contributed by atoms with E-state index in [0.29, 0.717) is 12.1 Å². The van der Waals surface area contributed by atoms with Crippen molar-refractivity contribution in [2.75, 3.05) is 7.11 Å². The SMILES string of the molecule is COc1c(C)cc(C2=CC3CCC(C2)N3Cc2ccccc2)cc1C. The number of hydrogen-bond donors (Lipinski definition) is 0. The van der Waals surface area contributed by atoms with Gasteiger partial charge in [0, 0.05) is 18.6 Å². The number of benzene rings is 2. The van der Waals surface area contributed by atoms with Gasteiger partial charge in [0.15, 0.2) is 0 Å². The normalized spacial score (nSPS) is 22.8. The van der Waals surface area contributed by atoms with Crippen molar-refractivity contribution in [3.05, 3.63) is 70.8 Å². The van der Waals surface area contributed by atoms with Crippen LogP contribution in [0.25, 0.3) is 5.57 Å². The first-order valence-corrected chi connectivity index (χ1v) is 9.31. The fourth-order valence-corrected chi connectivity index (χ4v) is 4.63. The highest BCUT2D eigenvalue weighted by Gasteiger charge is 2.36. The van der Waals surface area contributed by atoms with Gasteiger partial charge in [0.05, 0.1) is 7.11 Å². The van der Waals surface area contributed by atoms with Crippen molar-refractivity contribution < 1.29 is 4.74 Å². The van der Waals surface area contributed by atoms with Gasteiger partial charge in [0.2, 0.25) is 0 Å². The Bertz CT molecular complexity index is 770. The van der Waals surface area contributed by atoms with E-state index in [-0.39, 0.29) is 0 Å². The Kier molecular flexibility index (Phi) is 4.39. The third kappa shape index (κ3) is 3.11. The molecule has 0 N–H and O–H groups in total. The lowest BCUT2D eigenvalue weighted by Crippen LogP contribution is -2.37. The number of ether oxygens (including phenoxy) is 1. The van der Waals surface area contributed by atoms with E-state index >= 15 is 0 Å². The molecule has 2 aromatic rings. The van der Waals surface area contributed by atoms with Crippen molar-refractivity contribution in [1.82, 2.24) is 4.90 Å². The van der Waals surface area contributed by atoms with E-state index in [0.717, 1.165) is 18.7 Å². The molecule has 0 spiro atoms. The first kappa shape index (κ1) is 16.4. The van der Waals surface area contributed by atoms with Gasteiger partial charge in [-0.25, -0.2) is 0 Å². The van der Waals surface area contributed by atoms with Gasteiger partial charge in [-0.05, 0) is 73.1 Å². The quantitative estimate of drug-likeness (QED) is 0.769. The zero-order chi connectivity index (χ0) is 17.4. The number of hydrogen-bond acceptors (Lipinski definition) is 2. The second kappa shape index (κ2) is 6.68. The summed E-state index contributed by atoms with van der Waals surface area (Å²) in [6.07, 6.45) is 6.28. The fraction of sp³-hybridized carbons (Fsp3) is 0.391. The van der Waals surface area contributed by atoms with Gasteiger partial charge in [-0.3, -0.25) is 4.90 Å². The zero-order valence-electron chi connectivity index (χ0n) is 15.5. The van der Waals surface area contributed by atoms with Crippen molar-refractivity contribution in [3.63, 3.8) is 0 Å². The molecule has 0 saturated carbocycles. The largest absolute Gasteiger partial charge is 0.496 e. The fourth-order valence-electron chi connectivity index (χ4n) is 4.63. The van der Waals surface area contributed by atoms with E-state index in [1.54, 1.807) is 7.11 Å². The highest BCUT2D eigenvalue weighted by Crippen LogP contribution is 2.40. The molecular weight excluding hydrogens is 306 g/mol. The summed E-state index contributed by atoms with van der Waals surface area (Å²) in [4.78, 5) is 2.70. The highest BCUT2D eigenvalue weighted by atomic mass is 16.5. The van der Waals surface area contributed by atoms with Crippen molar-refractivity contribution in [2.24, 2.45) is 0 Å². The molecule has 2 aromatic carbocycles. The molecule has 2 heteroatoms. The number of methoxy groups -OCH3 is 1. The molecule has 0 amide bonds. The predicted molar refractivity (Wildman–Crippen MR) is 104 cm³/mol. The molecule has 0 aromatic heterocycles. The van der Waals surface area contributed by atoms with Crippen molar-refractivity contribution in [1.29, 1.82) is 0 Å². The lowest BCUT2D eigenvalue weighted by Gasteiger charge is -2.34. The Morgan fingerprint density at radius 1 is 1.04 bits per heavy atom. The van der Waals surface area contributed by atoms with Crippen LogP contribution in [-0.2, 0) is 6.54 Å². The Balaban J connectivity index is 1.59. The van der Waals surface area contributed by atoms with E-state index in [1.165, 1.54) is 40.7 Å². The summed E-state index contributed by atoms with van der Waals surface area (Å²) in [6, 6.07) is 16.7. The van der Waals surface area contributed by atoms with Crippen LogP contribution in [0.4, 0.5) is 0 Å². The van der Waals surface area contributed by atoms with Gasteiger partial charge in [0.25, 0.3) is 0 Å². The molecule has 2 bridgehead atoms. The Morgan fingerprint density at radius 2 is 1.76 bits per heavy atom.